The smallest absolute Gasteiger partial charge is 0.338 e. The molecule has 0 saturated heterocycles. The maximum absolute atomic E-state index is 11.4. The first-order valence-corrected chi connectivity index (χ1v) is 6.90. The zero-order valence-electron chi connectivity index (χ0n) is 12.6. The molecule has 0 saturated carbocycles. The minimum absolute atomic E-state index is 0.293. The number of rotatable bonds is 6. The molecule has 2 rings (SSSR count). The molecule has 0 radical (unpaired) electrons. The largest absolute Gasteiger partial charge is 0.478 e. The second-order valence-electron chi connectivity index (χ2n) is 4.84. The first-order chi connectivity index (χ1) is 11.3. The van der Waals surface area contributed by atoms with Gasteiger partial charge < -0.3 is 10.4 Å². The first-order valence-electron chi connectivity index (χ1n) is 6.90. The Bertz CT molecular complexity index is 799. The average molecular weight is 331 g/mol. The van der Waals surface area contributed by atoms with Crippen molar-refractivity contribution in [2.75, 3.05) is 5.32 Å². The minimum Gasteiger partial charge on any atom is -0.478 e. The normalized spacial score (nSPS) is 10.2. The summed E-state index contributed by atoms with van der Waals surface area (Å²) in [5.74, 6) is -1.50. The molecule has 0 unspecified atom stereocenters. The van der Waals surface area contributed by atoms with Gasteiger partial charge in [-0.2, -0.15) is 0 Å². The number of aromatic carboxylic acids is 1. The van der Waals surface area contributed by atoms with Gasteiger partial charge in [-0.05, 0) is 18.1 Å². The fourth-order valence-electron chi connectivity index (χ4n) is 2.25. The zero-order chi connectivity index (χ0) is 17.9. The van der Waals surface area contributed by atoms with E-state index in [0.717, 1.165) is 17.7 Å². The molecule has 2 N–H and O–H groups in total. The van der Waals surface area contributed by atoms with E-state index in [0.29, 0.717) is 12.1 Å². The molecule has 24 heavy (non-hydrogen) atoms. The summed E-state index contributed by atoms with van der Waals surface area (Å²) >= 11 is 0. The molecule has 0 spiro atoms. The van der Waals surface area contributed by atoms with E-state index in [9.17, 15) is 30.1 Å². The number of hydrogen-bond donors (Lipinski definition) is 2. The Labute approximate surface area is 135 Å². The van der Waals surface area contributed by atoms with Gasteiger partial charge in [-0.25, -0.2) is 4.79 Å². The predicted molar refractivity (Wildman–Crippen MR) is 85.8 cm³/mol. The van der Waals surface area contributed by atoms with Crippen molar-refractivity contribution in [1.29, 1.82) is 0 Å². The van der Waals surface area contributed by atoms with Gasteiger partial charge in [0.25, 0.3) is 11.4 Å². The number of anilines is 2. The van der Waals surface area contributed by atoms with Gasteiger partial charge in [0, 0.05) is 11.8 Å². The molecule has 0 aliphatic carbocycles. The van der Waals surface area contributed by atoms with Crippen LogP contribution < -0.4 is 5.32 Å². The molecule has 0 atom stereocenters. The number of benzene rings is 2. The molecule has 0 bridgehead atoms. The van der Waals surface area contributed by atoms with Gasteiger partial charge in [0.05, 0.1) is 21.5 Å². The van der Waals surface area contributed by atoms with E-state index in [1.165, 1.54) is 0 Å². The van der Waals surface area contributed by atoms with Crippen LogP contribution in [0, 0.1) is 20.2 Å². The average Bonchev–Trinajstić information content (AvgIpc) is 2.54. The Morgan fingerprint density at radius 2 is 1.83 bits per heavy atom. The van der Waals surface area contributed by atoms with Gasteiger partial charge in [-0.1, -0.05) is 25.1 Å². The standard InChI is InChI=1S/C15H13N3O6/c1-2-9-5-3-4-6-12(9)16-14-11(15(19)20)7-10(17(21)22)8-13(14)18(23)24/h3-8,16H,2H2,1H3,(H,19,20). The van der Waals surface area contributed by atoms with E-state index in [4.69, 9.17) is 0 Å². The molecule has 0 amide bonds. The van der Waals surface area contributed by atoms with Crippen LogP contribution in [0.25, 0.3) is 0 Å². The van der Waals surface area contributed by atoms with Crippen molar-refractivity contribution in [2.24, 2.45) is 0 Å². The molecule has 9 heteroatoms. The van der Waals surface area contributed by atoms with Crippen molar-refractivity contribution < 1.29 is 19.7 Å². The summed E-state index contributed by atoms with van der Waals surface area (Å²) in [6.45, 7) is 1.88. The molecule has 2 aromatic carbocycles. The Balaban J connectivity index is 2.69. The lowest BCUT2D eigenvalue weighted by atomic mass is 10.1. The number of nitro groups is 2. The van der Waals surface area contributed by atoms with Crippen molar-refractivity contribution in [2.45, 2.75) is 13.3 Å². The number of nitrogens with zero attached hydrogens (tertiary/aromatic N) is 2. The van der Waals surface area contributed by atoms with Gasteiger partial charge in [-0.15, -0.1) is 0 Å². The maximum Gasteiger partial charge on any atom is 0.338 e. The monoisotopic (exact) mass is 331 g/mol. The fourth-order valence-corrected chi connectivity index (χ4v) is 2.25. The summed E-state index contributed by atoms with van der Waals surface area (Å²) in [5, 5.41) is 34.2. The van der Waals surface area contributed by atoms with Crippen LogP contribution in [0.15, 0.2) is 36.4 Å². The highest BCUT2D eigenvalue weighted by Gasteiger charge is 2.27. The second kappa shape index (κ2) is 6.73. The maximum atomic E-state index is 11.4. The van der Waals surface area contributed by atoms with E-state index < -0.39 is 32.8 Å². The summed E-state index contributed by atoms with van der Waals surface area (Å²) in [4.78, 5) is 31.9. The van der Waals surface area contributed by atoms with E-state index in [2.05, 4.69) is 5.32 Å². The van der Waals surface area contributed by atoms with Crippen LogP contribution in [-0.2, 0) is 6.42 Å². The molecule has 9 nitrogen and oxygen atoms in total. The van der Waals surface area contributed by atoms with Gasteiger partial charge in [0.15, 0.2) is 0 Å². The summed E-state index contributed by atoms with van der Waals surface area (Å²) in [6.07, 6.45) is 0.617. The number of carboxylic acid groups (broad SMARTS) is 1. The highest BCUT2D eigenvalue weighted by Crippen LogP contribution is 2.36. The number of carbonyl (C=O) groups is 1. The van der Waals surface area contributed by atoms with Gasteiger partial charge >= 0.3 is 5.97 Å². The quantitative estimate of drug-likeness (QED) is 0.610. The lowest BCUT2D eigenvalue weighted by Crippen LogP contribution is -2.08. The molecular weight excluding hydrogens is 318 g/mol. The topological polar surface area (TPSA) is 136 Å². The Hall–Kier alpha value is -3.49. The number of nitro benzene ring substituents is 2. The molecule has 0 aliphatic heterocycles. The Morgan fingerprint density at radius 1 is 1.17 bits per heavy atom. The molecule has 0 fully saturated rings. The second-order valence-corrected chi connectivity index (χ2v) is 4.84. The molecule has 124 valence electrons. The number of non-ortho nitro benzene ring substituents is 1. The van der Waals surface area contributed by atoms with Crippen molar-refractivity contribution in [1.82, 2.24) is 0 Å². The van der Waals surface area contributed by atoms with Crippen LogP contribution in [-0.4, -0.2) is 20.9 Å². The Kier molecular flexibility index (Phi) is 4.73. The van der Waals surface area contributed by atoms with Crippen LogP contribution in [0.1, 0.15) is 22.8 Å². The van der Waals surface area contributed by atoms with Gasteiger partial charge in [0.1, 0.15) is 5.69 Å². The van der Waals surface area contributed by atoms with E-state index in [1.807, 2.05) is 6.92 Å². The van der Waals surface area contributed by atoms with Crippen molar-refractivity contribution >= 4 is 28.7 Å². The van der Waals surface area contributed by atoms with Crippen LogP contribution in [0.5, 0.6) is 0 Å². The third-order valence-corrected chi connectivity index (χ3v) is 3.40. The molecule has 0 heterocycles. The highest BCUT2D eigenvalue weighted by molar-refractivity contribution is 5.99. The van der Waals surface area contributed by atoms with Crippen molar-refractivity contribution in [3.63, 3.8) is 0 Å². The van der Waals surface area contributed by atoms with E-state index in [-0.39, 0.29) is 5.69 Å². The Morgan fingerprint density at radius 3 is 2.38 bits per heavy atom. The molecule has 0 aromatic heterocycles. The summed E-state index contributed by atoms with van der Waals surface area (Å²) in [6, 6.07) is 8.46. The van der Waals surface area contributed by atoms with Crippen LogP contribution in [0.4, 0.5) is 22.7 Å². The van der Waals surface area contributed by atoms with E-state index >= 15 is 0 Å². The number of aryl methyl sites for hydroxylation is 1. The third kappa shape index (κ3) is 3.29. The van der Waals surface area contributed by atoms with E-state index in [1.54, 1.807) is 24.3 Å². The van der Waals surface area contributed by atoms with Gasteiger partial charge in [0.2, 0.25) is 0 Å². The van der Waals surface area contributed by atoms with Gasteiger partial charge in [-0.3, -0.25) is 20.2 Å². The number of hydrogen-bond acceptors (Lipinski definition) is 6. The summed E-state index contributed by atoms with van der Waals surface area (Å²) < 4.78 is 0. The molecule has 2 aromatic rings. The lowest BCUT2D eigenvalue weighted by Gasteiger charge is -2.13. The summed E-state index contributed by atoms with van der Waals surface area (Å²) in [5.41, 5.74) is -0.845. The number of para-hydroxylation sites is 1. The molecule has 0 aliphatic rings. The number of nitrogens with one attached hydrogen (secondary N) is 1. The third-order valence-electron chi connectivity index (χ3n) is 3.40. The fraction of sp³-hybridized carbons (Fsp3) is 0.133. The van der Waals surface area contributed by atoms with Crippen LogP contribution >= 0.6 is 0 Å². The van der Waals surface area contributed by atoms with Crippen molar-refractivity contribution in [3.05, 3.63) is 67.8 Å². The zero-order valence-corrected chi connectivity index (χ0v) is 12.6. The minimum atomic E-state index is -1.50. The summed E-state index contributed by atoms with van der Waals surface area (Å²) in [7, 11) is 0. The highest BCUT2D eigenvalue weighted by atomic mass is 16.6. The van der Waals surface area contributed by atoms with Crippen LogP contribution in [0.2, 0.25) is 0 Å². The first kappa shape index (κ1) is 16.9. The molecular formula is C15H13N3O6. The van der Waals surface area contributed by atoms with Crippen molar-refractivity contribution in [3.8, 4) is 0 Å². The number of carboxylic acids is 1. The lowest BCUT2D eigenvalue weighted by molar-refractivity contribution is -0.393. The SMILES string of the molecule is CCc1ccccc1Nc1c(C(=O)O)cc([N+](=O)[O-])cc1[N+](=O)[O-]. The van der Waals surface area contributed by atoms with Crippen LogP contribution in [0.3, 0.4) is 0 Å². The predicted octanol–water partition coefficient (Wildman–Crippen LogP) is 3.51.